The number of rotatable bonds is 6. The SMILES string of the molecule is CNCc1sccc1S(=O)(=O)Nc1ccccc1OC. The quantitative estimate of drug-likeness (QED) is 0.859. The van der Waals surface area contributed by atoms with Gasteiger partial charge in [0.2, 0.25) is 0 Å². The molecule has 0 amide bonds. The maximum absolute atomic E-state index is 12.4. The molecule has 2 rings (SSSR count). The lowest BCUT2D eigenvalue weighted by atomic mass is 10.3. The number of sulfonamides is 1. The lowest BCUT2D eigenvalue weighted by Crippen LogP contribution is -2.16. The Morgan fingerprint density at radius 1 is 1.25 bits per heavy atom. The molecule has 2 aromatic rings. The van der Waals surface area contributed by atoms with E-state index in [9.17, 15) is 8.42 Å². The van der Waals surface area contributed by atoms with E-state index in [-0.39, 0.29) is 0 Å². The van der Waals surface area contributed by atoms with Crippen LogP contribution in [-0.4, -0.2) is 22.6 Å². The van der Waals surface area contributed by atoms with E-state index in [2.05, 4.69) is 10.0 Å². The average molecular weight is 312 g/mol. The van der Waals surface area contributed by atoms with Gasteiger partial charge in [-0.15, -0.1) is 11.3 Å². The van der Waals surface area contributed by atoms with E-state index >= 15 is 0 Å². The molecule has 0 aliphatic carbocycles. The summed E-state index contributed by atoms with van der Waals surface area (Å²) in [7, 11) is -0.329. The summed E-state index contributed by atoms with van der Waals surface area (Å²) in [4.78, 5) is 1.07. The van der Waals surface area contributed by atoms with Gasteiger partial charge in [-0.3, -0.25) is 4.72 Å². The summed E-state index contributed by atoms with van der Waals surface area (Å²) >= 11 is 1.41. The summed E-state index contributed by atoms with van der Waals surface area (Å²) < 4.78 is 32.6. The third-order valence-electron chi connectivity index (χ3n) is 2.68. The monoisotopic (exact) mass is 312 g/mol. The standard InChI is InChI=1S/C13H16N2O3S2/c1-14-9-12-13(7-8-19-12)20(16,17)15-10-5-3-4-6-11(10)18-2/h3-8,14-15H,9H2,1-2H3. The van der Waals surface area contributed by atoms with E-state index in [4.69, 9.17) is 4.74 Å². The van der Waals surface area contributed by atoms with E-state index in [0.29, 0.717) is 22.9 Å². The zero-order valence-corrected chi connectivity index (χ0v) is 12.8. The minimum atomic E-state index is -3.62. The first kappa shape index (κ1) is 14.8. The van der Waals surface area contributed by atoms with Crippen molar-refractivity contribution in [2.24, 2.45) is 0 Å². The number of methoxy groups -OCH3 is 1. The molecule has 0 unspecified atom stereocenters. The van der Waals surface area contributed by atoms with Gasteiger partial charge in [-0.1, -0.05) is 12.1 Å². The molecule has 1 aromatic carbocycles. The molecule has 0 saturated carbocycles. The number of thiophene rings is 1. The summed E-state index contributed by atoms with van der Waals surface area (Å²) in [6.45, 7) is 0.514. The van der Waals surface area contributed by atoms with E-state index < -0.39 is 10.0 Å². The van der Waals surface area contributed by atoms with Crippen molar-refractivity contribution in [3.63, 3.8) is 0 Å². The van der Waals surface area contributed by atoms with Crippen LogP contribution in [0.4, 0.5) is 5.69 Å². The number of para-hydroxylation sites is 2. The molecule has 0 aliphatic heterocycles. The van der Waals surface area contributed by atoms with Gasteiger partial charge in [-0.05, 0) is 30.6 Å². The van der Waals surface area contributed by atoms with Crippen LogP contribution in [0.1, 0.15) is 4.88 Å². The van der Waals surface area contributed by atoms with Gasteiger partial charge in [0.1, 0.15) is 10.6 Å². The summed E-state index contributed by atoms with van der Waals surface area (Å²) in [6.07, 6.45) is 0. The van der Waals surface area contributed by atoms with Crippen molar-refractivity contribution in [2.75, 3.05) is 18.9 Å². The highest BCUT2D eigenvalue weighted by molar-refractivity contribution is 7.93. The first-order valence-electron chi connectivity index (χ1n) is 5.95. The Morgan fingerprint density at radius 2 is 2.00 bits per heavy atom. The molecule has 1 aromatic heterocycles. The number of anilines is 1. The molecule has 5 nitrogen and oxygen atoms in total. The second kappa shape index (κ2) is 6.25. The van der Waals surface area contributed by atoms with Crippen molar-refractivity contribution < 1.29 is 13.2 Å². The van der Waals surface area contributed by atoms with Crippen LogP contribution < -0.4 is 14.8 Å². The molecular formula is C13H16N2O3S2. The lowest BCUT2D eigenvalue weighted by Gasteiger charge is -2.11. The van der Waals surface area contributed by atoms with Crippen molar-refractivity contribution in [1.82, 2.24) is 5.32 Å². The zero-order chi connectivity index (χ0) is 14.6. The van der Waals surface area contributed by atoms with Gasteiger partial charge in [0, 0.05) is 11.4 Å². The van der Waals surface area contributed by atoms with Gasteiger partial charge in [0.25, 0.3) is 10.0 Å². The molecule has 108 valence electrons. The fraction of sp³-hybridized carbons (Fsp3) is 0.231. The molecule has 0 spiro atoms. The molecule has 0 fully saturated rings. The minimum Gasteiger partial charge on any atom is -0.495 e. The Hall–Kier alpha value is -1.57. The van der Waals surface area contributed by atoms with Crippen LogP contribution >= 0.6 is 11.3 Å². The molecule has 0 saturated heterocycles. The van der Waals surface area contributed by atoms with Gasteiger partial charge in [0.05, 0.1) is 12.8 Å². The van der Waals surface area contributed by atoms with Gasteiger partial charge in [-0.2, -0.15) is 0 Å². The Balaban J connectivity index is 2.33. The third-order valence-corrected chi connectivity index (χ3v) is 5.18. The summed E-state index contributed by atoms with van der Waals surface area (Å²) in [5.41, 5.74) is 0.427. The normalized spacial score (nSPS) is 11.3. The van der Waals surface area contributed by atoms with Crippen LogP contribution in [0, 0.1) is 0 Å². The third kappa shape index (κ3) is 3.12. The topological polar surface area (TPSA) is 67.4 Å². The van der Waals surface area contributed by atoms with Crippen LogP contribution in [0.5, 0.6) is 5.75 Å². The highest BCUT2D eigenvalue weighted by Gasteiger charge is 2.20. The summed E-state index contributed by atoms with van der Waals surface area (Å²) in [5, 5.41) is 4.73. The molecule has 0 atom stereocenters. The molecule has 1 heterocycles. The number of hydrogen-bond acceptors (Lipinski definition) is 5. The largest absolute Gasteiger partial charge is 0.495 e. The zero-order valence-electron chi connectivity index (χ0n) is 11.2. The lowest BCUT2D eigenvalue weighted by molar-refractivity contribution is 0.417. The highest BCUT2D eigenvalue weighted by atomic mass is 32.2. The first-order chi connectivity index (χ1) is 9.58. The summed E-state index contributed by atoms with van der Waals surface area (Å²) in [5.74, 6) is 0.487. The smallest absolute Gasteiger partial charge is 0.263 e. The predicted octanol–water partition coefficient (Wildman–Crippen LogP) is 2.28. The minimum absolute atomic E-state index is 0.294. The van der Waals surface area contributed by atoms with Crippen molar-refractivity contribution in [3.05, 3.63) is 40.6 Å². The Bertz CT molecular complexity index is 680. The van der Waals surface area contributed by atoms with Crippen molar-refractivity contribution in [3.8, 4) is 5.75 Å². The van der Waals surface area contributed by atoms with Crippen LogP contribution in [0.25, 0.3) is 0 Å². The predicted molar refractivity (Wildman–Crippen MR) is 80.9 cm³/mol. The van der Waals surface area contributed by atoms with Crippen molar-refractivity contribution in [1.29, 1.82) is 0 Å². The van der Waals surface area contributed by atoms with E-state index in [1.807, 2.05) is 0 Å². The van der Waals surface area contributed by atoms with Gasteiger partial charge in [0.15, 0.2) is 0 Å². The molecular weight excluding hydrogens is 296 g/mol. The maximum Gasteiger partial charge on any atom is 0.263 e. The van der Waals surface area contributed by atoms with E-state index in [0.717, 1.165) is 4.88 Å². The van der Waals surface area contributed by atoms with Crippen LogP contribution in [0.15, 0.2) is 40.6 Å². The van der Waals surface area contributed by atoms with E-state index in [1.165, 1.54) is 18.4 Å². The fourth-order valence-corrected chi connectivity index (χ4v) is 4.31. The summed E-state index contributed by atoms with van der Waals surface area (Å²) in [6, 6.07) is 8.52. The molecule has 0 aliphatic rings. The van der Waals surface area contributed by atoms with Crippen molar-refractivity contribution in [2.45, 2.75) is 11.4 Å². The first-order valence-corrected chi connectivity index (χ1v) is 8.31. The van der Waals surface area contributed by atoms with E-state index in [1.54, 1.807) is 42.8 Å². The molecule has 0 radical (unpaired) electrons. The fourth-order valence-electron chi connectivity index (χ4n) is 1.79. The maximum atomic E-state index is 12.4. The number of benzene rings is 1. The van der Waals surface area contributed by atoms with Crippen LogP contribution in [-0.2, 0) is 16.6 Å². The number of nitrogens with one attached hydrogen (secondary N) is 2. The second-order valence-corrected chi connectivity index (χ2v) is 6.70. The van der Waals surface area contributed by atoms with Crippen LogP contribution in [0.3, 0.4) is 0 Å². The van der Waals surface area contributed by atoms with Crippen LogP contribution in [0.2, 0.25) is 0 Å². The molecule has 0 bridgehead atoms. The molecule has 20 heavy (non-hydrogen) atoms. The Morgan fingerprint density at radius 3 is 2.70 bits per heavy atom. The van der Waals surface area contributed by atoms with Crippen molar-refractivity contribution >= 4 is 27.0 Å². The Labute approximate surface area is 122 Å². The second-order valence-electron chi connectivity index (χ2n) is 4.04. The Kier molecular flexibility index (Phi) is 4.64. The average Bonchev–Trinajstić information content (AvgIpc) is 2.88. The van der Waals surface area contributed by atoms with Gasteiger partial charge < -0.3 is 10.1 Å². The van der Waals surface area contributed by atoms with Gasteiger partial charge in [-0.25, -0.2) is 8.42 Å². The highest BCUT2D eigenvalue weighted by Crippen LogP contribution is 2.28. The number of hydrogen-bond donors (Lipinski definition) is 2. The molecule has 7 heteroatoms. The number of ether oxygens (including phenoxy) is 1. The molecule has 2 N–H and O–H groups in total. The van der Waals surface area contributed by atoms with Gasteiger partial charge >= 0.3 is 0 Å².